The van der Waals surface area contributed by atoms with Crippen molar-refractivity contribution in [1.82, 2.24) is 4.57 Å². The highest BCUT2D eigenvalue weighted by Gasteiger charge is 2.32. The number of ether oxygens (including phenoxy) is 2. The van der Waals surface area contributed by atoms with Crippen LogP contribution in [0.5, 0.6) is 11.5 Å². The van der Waals surface area contributed by atoms with Crippen LogP contribution in [0, 0.1) is 0 Å². The van der Waals surface area contributed by atoms with Gasteiger partial charge in [-0.15, -0.1) is 0 Å². The van der Waals surface area contributed by atoms with Crippen LogP contribution in [0.15, 0.2) is 113 Å². The fourth-order valence-corrected chi connectivity index (χ4v) is 5.51. The maximum atomic E-state index is 13.9. The molecule has 0 aliphatic carbocycles. The van der Waals surface area contributed by atoms with Crippen molar-refractivity contribution in [3.8, 4) is 11.5 Å². The number of benzene rings is 3. The minimum Gasteiger partial charge on any atom is -0.497 e. The molecule has 39 heavy (non-hydrogen) atoms. The van der Waals surface area contributed by atoms with E-state index in [-0.39, 0.29) is 11.5 Å². The standard InChI is InChI=1S/C31H27N3O4S/c1-4-16-38-25-15-8-10-21(17-25)18-26-30(36)34-28(22-11-9-14-24(19-22)37-3)27(20(2)32-31(34)39-26)29(35)33-23-12-6-5-7-13-23/h4-15,17-19,28H,1,16H2,2-3H3,(H,33,35)/b26-18-/t28-/m1/s1. The van der Waals surface area contributed by atoms with Crippen molar-refractivity contribution in [2.45, 2.75) is 13.0 Å². The van der Waals surface area contributed by atoms with Crippen LogP contribution in [0.2, 0.25) is 0 Å². The SMILES string of the molecule is C=CCOc1cccc(/C=c2\sc3n(c2=O)[C@H](c2cccc(OC)c2)C(C(=O)Nc2ccccc2)=C(C)N=3)c1. The molecule has 0 spiro atoms. The van der Waals surface area contributed by atoms with Crippen LogP contribution in [0.4, 0.5) is 5.69 Å². The van der Waals surface area contributed by atoms with Crippen molar-refractivity contribution in [2.75, 3.05) is 19.0 Å². The number of rotatable bonds is 8. The summed E-state index contributed by atoms with van der Waals surface area (Å²) in [6.45, 7) is 5.86. The lowest BCUT2D eigenvalue weighted by Gasteiger charge is -2.25. The fourth-order valence-electron chi connectivity index (χ4n) is 4.46. The number of nitrogens with one attached hydrogen (secondary N) is 1. The van der Waals surface area contributed by atoms with E-state index in [1.165, 1.54) is 11.3 Å². The van der Waals surface area contributed by atoms with E-state index in [4.69, 9.17) is 14.5 Å². The van der Waals surface area contributed by atoms with Gasteiger partial charge in [-0.25, -0.2) is 4.99 Å². The summed E-state index contributed by atoms with van der Waals surface area (Å²) in [6.07, 6.45) is 3.49. The maximum Gasteiger partial charge on any atom is 0.271 e. The predicted octanol–water partition coefficient (Wildman–Crippen LogP) is 4.45. The Balaban J connectivity index is 1.64. The number of hydrogen-bond acceptors (Lipinski definition) is 6. The van der Waals surface area contributed by atoms with Gasteiger partial charge in [-0.05, 0) is 60.5 Å². The van der Waals surface area contributed by atoms with Crippen LogP contribution in [0.1, 0.15) is 24.1 Å². The second-order valence-electron chi connectivity index (χ2n) is 8.85. The number of carbonyl (C=O) groups is 1. The molecule has 0 fully saturated rings. The largest absolute Gasteiger partial charge is 0.497 e. The molecule has 1 N–H and O–H groups in total. The third kappa shape index (κ3) is 5.46. The summed E-state index contributed by atoms with van der Waals surface area (Å²) in [5.41, 5.74) is 2.92. The number of hydrogen-bond donors (Lipinski definition) is 1. The molecule has 1 aliphatic rings. The second kappa shape index (κ2) is 11.4. The van der Waals surface area contributed by atoms with Crippen molar-refractivity contribution in [1.29, 1.82) is 0 Å². The van der Waals surface area contributed by atoms with E-state index in [1.54, 1.807) is 24.7 Å². The van der Waals surface area contributed by atoms with E-state index in [0.29, 0.717) is 44.4 Å². The lowest BCUT2D eigenvalue weighted by molar-refractivity contribution is -0.113. The van der Waals surface area contributed by atoms with E-state index in [1.807, 2.05) is 84.9 Å². The van der Waals surface area contributed by atoms with E-state index >= 15 is 0 Å². The number of fused-ring (bicyclic) bond motifs is 1. The first kappa shape index (κ1) is 25.9. The first-order valence-corrected chi connectivity index (χ1v) is 13.2. The molecule has 1 atom stereocenters. The molecular weight excluding hydrogens is 510 g/mol. The van der Waals surface area contributed by atoms with Gasteiger partial charge in [-0.1, -0.05) is 66.5 Å². The van der Waals surface area contributed by atoms with Crippen molar-refractivity contribution in [3.05, 3.63) is 134 Å². The molecule has 2 heterocycles. The molecule has 0 radical (unpaired) electrons. The summed E-state index contributed by atoms with van der Waals surface area (Å²) < 4.78 is 13.2. The number of anilines is 1. The van der Waals surface area contributed by atoms with Crippen LogP contribution < -0.4 is 29.7 Å². The van der Waals surface area contributed by atoms with E-state index in [9.17, 15) is 9.59 Å². The van der Waals surface area contributed by atoms with E-state index in [2.05, 4.69) is 11.9 Å². The summed E-state index contributed by atoms with van der Waals surface area (Å²) in [4.78, 5) is 32.8. The van der Waals surface area contributed by atoms with Crippen LogP contribution in [-0.2, 0) is 4.79 Å². The smallest absolute Gasteiger partial charge is 0.271 e. The number of carbonyl (C=O) groups excluding carboxylic acids is 1. The Kier molecular flexibility index (Phi) is 7.56. The van der Waals surface area contributed by atoms with Crippen LogP contribution >= 0.6 is 11.3 Å². The summed E-state index contributed by atoms with van der Waals surface area (Å²) in [5.74, 6) is 0.987. The Morgan fingerprint density at radius 1 is 1.08 bits per heavy atom. The van der Waals surface area contributed by atoms with Gasteiger partial charge in [-0.2, -0.15) is 0 Å². The van der Waals surface area contributed by atoms with Gasteiger partial charge in [0.25, 0.3) is 11.5 Å². The van der Waals surface area contributed by atoms with Crippen LogP contribution in [0.3, 0.4) is 0 Å². The molecular formula is C31H27N3O4S. The number of methoxy groups -OCH3 is 1. The second-order valence-corrected chi connectivity index (χ2v) is 9.86. The van der Waals surface area contributed by atoms with Gasteiger partial charge >= 0.3 is 0 Å². The molecule has 5 rings (SSSR count). The lowest BCUT2D eigenvalue weighted by Crippen LogP contribution is -2.40. The van der Waals surface area contributed by atoms with Gasteiger partial charge in [0, 0.05) is 5.69 Å². The molecule has 3 aromatic carbocycles. The quantitative estimate of drug-likeness (QED) is 0.337. The van der Waals surface area contributed by atoms with Gasteiger partial charge in [-0.3, -0.25) is 14.2 Å². The van der Waals surface area contributed by atoms with Crippen molar-refractivity contribution < 1.29 is 14.3 Å². The lowest BCUT2D eigenvalue weighted by atomic mass is 9.95. The number of allylic oxidation sites excluding steroid dienone is 1. The molecule has 1 aromatic heterocycles. The predicted molar refractivity (Wildman–Crippen MR) is 154 cm³/mol. The molecule has 1 aliphatic heterocycles. The highest BCUT2D eigenvalue weighted by molar-refractivity contribution is 7.07. The normalized spacial score (nSPS) is 14.8. The zero-order valence-corrected chi connectivity index (χ0v) is 22.4. The average molecular weight is 538 g/mol. The van der Waals surface area contributed by atoms with Crippen molar-refractivity contribution >= 4 is 29.0 Å². The molecule has 0 saturated heterocycles. The first-order valence-electron chi connectivity index (χ1n) is 12.3. The summed E-state index contributed by atoms with van der Waals surface area (Å²) in [5, 5.41) is 2.96. The summed E-state index contributed by atoms with van der Waals surface area (Å²) in [7, 11) is 1.58. The molecule has 7 nitrogen and oxygen atoms in total. The van der Waals surface area contributed by atoms with Gasteiger partial charge in [0.1, 0.15) is 18.1 Å². The first-order chi connectivity index (χ1) is 19.0. The van der Waals surface area contributed by atoms with Crippen molar-refractivity contribution in [3.63, 3.8) is 0 Å². The minimum absolute atomic E-state index is 0.235. The zero-order valence-electron chi connectivity index (χ0n) is 21.6. The number of nitrogens with zero attached hydrogens (tertiary/aromatic N) is 2. The third-order valence-corrected chi connectivity index (χ3v) is 7.21. The molecule has 4 aromatic rings. The highest BCUT2D eigenvalue weighted by Crippen LogP contribution is 2.32. The Bertz CT molecular complexity index is 1750. The molecule has 0 bridgehead atoms. The average Bonchev–Trinajstić information content (AvgIpc) is 3.25. The van der Waals surface area contributed by atoms with Crippen LogP contribution in [-0.4, -0.2) is 24.2 Å². The van der Waals surface area contributed by atoms with Gasteiger partial charge < -0.3 is 14.8 Å². The number of thiazole rings is 1. The monoisotopic (exact) mass is 537 g/mol. The Morgan fingerprint density at radius 3 is 2.62 bits per heavy atom. The topological polar surface area (TPSA) is 81.9 Å². The zero-order chi connectivity index (χ0) is 27.4. The van der Waals surface area contributed by atoms with E-state index < -0.39 is 6.04 Å². The summed E-state index contributed by atoms with van der Waals surface area (Å²) in [6, 6.07) is 23.4. The van der Waals surface area contributed by atoms with Gasteiger partial charge in [0.15, 0.2) is 4.80 Å². The van der Waals surface area contributed by atoms with Gasteiger partial charge in [0.2, 0.25) is 0 Å². The Morgan fingerprint density at radius 2 is 1.85 bits per heavy atom. The maximum absolute atomic E-state index is 13.9. The van der Waals surface area contributed by atoms with Crippen molar-refractivity contribution in [2.24, 2.45) is 4.99 Å². The number of amides is 1. The number of para-hydroxylation sites is 1. The molecule has 0 unspecified atom stereocenters. The third-order valence-electron chi connectivity index (χ3n) is 6.23. The molecule has 1 amide bonds. The van der Waals surface area contributed by atoms with Crippen LogP contribution in [0.25, 0.3) is 6.08 Å². The van der Waals surface area contributed by atoms with E-state index in [0.717, 1.165) is 11.1 Å². The fraction of sp³-hybridized carbons (Fsp3) is 0.129. The summed E-state index contributed by atoms with van der Waals surface area (Å²) >= 11 is 1.28. The van der Waals surface area contributed by atoms with Gasteiger partial charge in [0.05, 0.1) is 29.0 Å². The molecule has 196 valence electrons. The molecule has 0 saturated carbocycles. The minimum atomic E-state index is -0.690. The highest BCUT2D eigenvalue weighted by atomic mass is 32.1. The Hall–Kier alpha value is -4.69. The number of aromatic nitrogens is 1. The Labute approximate surface area is 229 Å². The molecule has 8 heteroatoms.